The van der Waals surface area contributed by atoms with E-state index in [4.69, 9.17) is 0 Å². The van der Waals surface area contributed by atoms with Gasteiger partial charge >= 0.3 is 0 Å². The minimum atomic E-state index is -0.298. The van der Waals surface area contributed by atoms with Gasteiger partial charge in [-0.05, 0) is 26.7 Å². The molecule has 1 atom stereocenters. The van der Waals surface area contributed by atoms with E-state index in [0.717, 1.165) is 0 Å². The summed E-state index contributed by atoms with van der Waals surface area (Å²) in [5, 5.41) is 14.4. The van der Waals surface area contributed by atoms with Crippen LogP contribution in [0, 0.1) is 22.0 Å². The van der Waals surface area contributed by atoms with E-state index in [1.807, 2.05) is 34.6 Å². The lowest BCUT2D eigenvalue weighted by molar-refractivity contribution is -0.485. The van der Waals surface area contributed by atoms with E-state index < -0.39 is 0 Å². The number of hydrogen-bond donors (Lipinski definition) is 1. The van der Waals surface area contributed by atoms with Crippen LogP contribution in [0.5, 0.6) is 0 Å². The summed E-state index contributed by atoms with van der Waals surface area (Å²) in [4.78, 5) is 10.1. The molecule has 1 N–H and O–H groups in total. The van der Waals surface area contributed by atoms with E-state index in [9.17, 15) is 10.1 Å². The second kappa shape index (κ2) is 5.68. The molecule has 0 saturated carbocycles. The van der Waals surface area contributed by atoms with E-state index in [-0.39, 0.29) is 28.8 Å². The number of hydrazone groups is 1. The number of hydrogen-bond acceptors (Lipinski definition) is 4. The monoisotopic (exact) mass is 215 g/mol. The van der Waals surface area contributed by atoms with E-state index in [1.54, 1.807) is 6.21 Å². The third-order valence-electron chi connectivity index (χ3n) is 1.88. The summed E-state index contributed by atoms with van der Waals surface area (Å²) in [6.45, 7) is 9.81. The van der Waals surface area contributed by atoms with Crippen LogP contribution in [0.4, 0.5) is 0 Å². The molecule has 0 saturated heterocycles. The number of nitro groups is 1. The van der Waals surface area contributed by atoms with E-state index in [0.29, 0.717) is 0 Å². The van der Waals surface area contributed by atoms with Crippen molar-refractivity contribution < 1.29 is 4.92 Å². The lowest BCUT2D eigenvalue weighted by Crippen LogP contribution is -2.32. The number of nitrogens with one attached hydrogen (secondary N) is 1. The van der Waals surface area contributed by atoms with Gasteiger partial charge in [0.1, 0.15) is 0 Å². The predicted molar refractivity (Wildman–Crippen MR) is 61.6 cm³/mol. The summed E-state index contributed by atoms with van der Waals surface area (Å²) in [5.74, 6) is 0.107. The third kappa shape index (κ3) is 7.90. The van der Waals surface area contributed by atoms with Crippen molar-refractivity contribution in [1.82, 2.24) is 5.43 Å². The van der Waals surface area contributed by atoms with Gasteiger partial charge in [-0.1, -0.05) is 13.8 Å². The Bertz CT molecular complexity index is 231. The van der Waals surface area contributed by atoms with E-state index in [1.165, 1.54) is 0 Å². The summed E-state index contributed by atoms with van der Waals surface area (Å²) in [5.41, 5.74) is 2.82. The Kier molecular flexibility index (Phi) is 5.25. The Balaban J connectivity index is 4.23. The molecule has 0 bridgehead atoms. The van der Waals surface area contributed by atoms with Gasteiger partial charge in [-0.2, -0.15) is 5.10 Å². The van der Waals surface area contributed by atoms with Gasteiger partial charge in [-0.3, -0.25) is 10.1 Å². The topological polar surface area (TPSA) is 67.5 Å². The van der Waals surface area contributed by atoms with Gasteiger partial charge in [0.2, 0.25) is 6.54 Å². The number of rotatable bonds is 5. The highest BCUT2D eigenvalue weighted by atomic mass is 16.6. The Morgan fingerprint density at radius 1 is 1.47 bits per heavy atom. The Labute approximate surface area is 91.1 Å². The molecular weight excluding hydrogens is 194 g/mol. The molecule has 0 unspecified atom stereocenters. The van der Waals surface area contributed by atoms with Crippen molar-refractivity contribution in [3.05, 3.63) is 10.1 Å². The smallest absolute Gasteiger partial charge is 0.211 e. The van der Waals surface area contributed by atoms with Crippen molar-refractivity contribution in [3.63, 3.8) is 0 Å². The van der Waals surface area contributed by atoms with E-state index in [2.05, 4.69) is 10.5 Å². The van der Waals surface area contributed by atoms with Crippen LogP contribution in [0.15, 0.2) is 5.10 Å². The van der Waals surface area contributed by atoms with Crippen molar-refractivity contribution in [2.75, 3.05) is 6.54 Å². The van der Waals surface area contributed by atoms with Crippen LogP contribution in [-0.4, -0.2) is 23.2 Å². The van der Waals surface area contributed by atoms with Crippen molar-refractivity contribution >= 4 is 6.21 Å². The van der Waals surface area contributed by atoms with Gasteiger partial charge in [0.15, 0.2) is 0 Å². The first-order valence-electron chi connectivity index (χ1n) is 5.14. The Morgan fingerprint density at radius 3 is 2.33 bits per heavy atom. The first-order chi connectivity index (χ1) is 6.72. The van der Waals surface area contributed by atoms with Gasteiger partial charge in [0.05, 0.1) is 5.92 Å². The van der Waals surface area contributed by atoms with Gasteiger partial charge in [0.25, 0.3) is 0 Å². The Morgan fingerprint density at radius 2 is 2.00 bits per heavy atom. The second-order valence-electron chi connectivity index (χ2n) is 5.06. The fourth-order valence-corrected chi connectivity index (χ4v) is 0.929. The van der Waals surface area contributed by atoms with Crippen LogP contribution in [0.25, 0.3) is 0 Å². The molecule has 0 aromatic rings. The normalized spacial score (nSPS) is 14.5. The second-order valence-corrected chi connectivity index (χ2v) is 5.06. The van der Waals surface area contributed by atoms with Crippen LogP contribution < -0.4 is 5.43 Å². The average Bonchev–Trinajstić information content (AvgIpc) is 1.99. The van der Waals surface area contributed by atoms with Gasteiger partial charge in [-0.15, -0.1) is 0 Å². The van der Waals surface area contributed by atoms with E-state index >= 15 is 0 Å². The first kappa shape index (κ1) is 13.9. The zero-order valence-corrected chi connectivity index (χ0v) is 10.2. The van der Waals surface area contributed by atoms with Crippen molar-refractivity contribution in [1.29, 1.82) is 0 Å². The maximum atomic E-state index is 10.4. The fourth-order valence-electron chi connectivity index (χ4n) is 0.929. The van der Waals surface area contributed by atoms with Crippen LogP contribution in [-0.2, 0) is 0 Å². The Hall–Kier alpha value is -1.13. The zero-order valence-electron chi connectivity index (χ0n) is 10.2. The summed E-state index contributed by atoms with van der Waals surface area (Å²) in [6.07, 6.45) is 1.64. The molecule has 15 heavy (non-hydrogen) atoms. The average molecular weight is 215 g/mol. The minimum Gasteiger partial charge on any atom is -0.305 e. The summed E-state index contributed by atoms with van der Waals surface area (Å²) in [6, 6.07) is 0. The van der Waals surface area contributed by atoms with Crippen molar-refractivity contribution in [2.45, 2.75) is 40.2 Å². The fraction of sp³-hybridized carbons (Fsp3) is 0.900. The lowest BCUT2D eigenvalue weighted by atomic mass is 9.97. The van der Waals surface area contributed by atoms with Crippen LogP contribution in [0.3, 0.4) is 0 Å². The maximum absolute atomic E-state index is 10.4. The summed E-state index contributed by atoms with van der Waals surface area (Å²) in [7, 11) is 0. The molecule has 0 aliphatic rings. The molecule has 0 radical (unpaired) electrons. The highest BCUT2D eigenvalue weighted by molar-refractivity contribution is 5.60. The summed E-state index contributed by atoms with van der Waals surface area (Å²) >= 11 is 0. The highest BCUT2D eigenvalue weighted by Gasteiger charge is 2.17. The molecule has 0 spiro atoms. The minimum absolute atomic E-state index is 0.0625. The maximum Gasteiger partial charge on any atom is 0.211 e. The zero-order chi connectivity index (χ0) is 12.1. The SMILES string of the molecule is CC(C)[C@H](/C=N/NC(C)(C)C)C[N+](=O)[O-]. The molecule has 0 aromatic heterocycles. The summed E-state index contributed by atoms with van der Waals surface area (Å²) < 4.78 is 0. The standard InChI is InChI=1S/C10H21N3O2/c1-8(2)9(7-13(14)15)6-11-12-10(3,4)5/h6,8-9,12H,7H2,1-5H3/b11-6+/t9-/m1/s1. The van der Waals surface area contributed by atoms with Crippen LogP contribution >= 0.6 is 0 Å². The molecule has 0 heterocycles. The predicted octanol–water partition coefficient (Wildman–Crippen LogP) is 1.91. The molecule has 0 rings (SSSR count). The van der Waals surface area contributed by atoms with Crippen molar-refractivity contribution in [3.8, 4) is 0 Å². The highest BCUT2D eigenvalue weighted by Crippen LogP contribution is 2.08. The van der Waals surface area contributed by atoms with Crippen LogP contribution in [0.1, 0.15) is 34.6 Å². The van der Waals surface area contributed by atoms with Gasteiger partial charge < -0.3 is 5.43 Å². The molecule has 0 fully saturated rings. The van der Waals surface area contributed by atoms with Gasteiger partial charge in [-0.25, -0.2) is 0 Å². The molecule has 0 aromatic carbocycles. The molecule has 88 valence electrons. The molecule has 5 heteroatoms. The first-order valence-corrected chi connectivity index (χ1v) is 5.14. The molecule has 0 aliphatic heterocycles. The molecule has 0 aliphatic carbocycles. The third-order valence-corrected chi connectivity index (χ3v) is 1.88. The quantitative estimate of drug-likeness (QED) is 0.432. The van der Waals surface area contributed by atoms with Gasteiger partial charge in [0, 0.05) is 16.7 Å². The van der Waals surface area contributed by atoms with Crippen molar-refractivity contribution in [2.24, 2.45) is 16.9 Å². The number of nitrogens with zero attached hydrogens (tertiary/aromatic N) is 2. The molecule has 0 amide bonds. The molecule has 5 nitrogen and oxygen atoms in total. The van der Waals surface area contributed by atoms with Crippen LogP contribution in [0.2, 0.25) is 0 Å². The molecular formula is C10H21N3O2. The largest absolute Gasteiger partial charge is 0.305 e. The lowest BCUT2D eigenvalue weighted by Gasteiger charge is -2.18.